The summed E-state index contributed by atoms with van der Waals surface area (Å²) >= 11 is 0. The standard InChI is InChI=1S/C30H29O3P/c1-29(2,21-11-7-5-8-12-21)23-16-18-27-26(19-23)25-17-15-24(20-28(25)34(31,32)33-27)30(3,4)22-13-9-6-10-14-22/h5-20H,1-4H3,(H,31,32). The summed E-state index contributed by atoms with van der Waals surface area (Å²) < 4.78 is 19.0. The molecule has 0 saturated carbocycles. The van der Waals surface area contributed by atoms with Gasteiger partial charge in [-0.2, -0.15) is 0 Å². The second-order valence-corrected chi connectivity index (χ2v) is 11.7. The molecule has 0 aliphatic carbocycles. The molecule has 172 valence electrons. The number of fused-ring (bicyclic) bond motifs is 3. The first-order valence-corrected chi connectivity index (χ1v) is 13.1. The van der Waals surface area contributed by atoms with Gasteiger partial charge in [-0.25, -0.2) is 4.57 Å². The van der Waals surface area contributed by atoms with E-state index >= 15 is 0 Å². The Labute approximate surface area is 201 Å². The number of hydrogen-bond donors (Lipinski definition) is 1. The molecule has 1 aliphatic heterocycles. The third-order valence-corrected chi connectivity index (χ3v) is 8.65. The smallest absolute Gasteiger partial charge is 0.408 e. The molecule has 1 atom stereocenters. The Balaban J connectivity index is 1.64. The first-order valence-electron chi connectivity index (χ1n) is 11.5. The maximum absolute atomic E-state index is 13.3. The molecule has 0 fully saturated rings. The van der Waals surface area contributed by atoms with Crippen LogP contribution >= 0.6 is 7.60 Å². The van der Waals surface area contributed by atoms with Gasteiger partial charge >= 0.3 is 7.60 Å². The minimum Gasteiger partial charge on any atom is -0.421 e. The van der Waals surface area contributed by atoms with E-state index in [2.05, 4.69) is 64.1 Å². The van der Waals surface area contributed by atoms with Gasteiger partial charge in [0.15, 0.2) is 0 Å². The van der Waals surface area contributed by atoms with Crippen LogP contribution in [0.15, 0.2) is 97.1 Å². The Morgan fingerprint density at radius 3 is 1.68 bits per heavy atom. The highest BCUT2D eigenvalue weighted by Gasteiger charge is 2.37. The Hall–Kier alpha value is -3.13. The Morgan fingerprint density at radius 1 is 0.618 bits per heavy atom. The van der Waals surface area contributed by atoms with Gasteiger partial charge in [0.25, 0.3) is 0 Å². The summed E-state index contributed by atoms with van der Waals surface area (Å²) in [6, 6.07) is 32.4. The van der Waals surface area contributed by atoms with Gasteiger partial charge in [0, 0.05) is 22.0 Å². The van der Waals surface area contributed by atoms with Crippen LogP contribution in [0.2, 0.25) is 0 Å². The molecule has 3 nitrogen and oxygen atoms in total. The van der Waals surface area contributed by atoms with Crippen molar-refractivity contribution in [1.29, 1.82) is 0 Å². The maximum Gasteiger partial charge on any atom is 0.408 e. The van der Waals surface area contributed by atoms with Crippen LogP contribution in [0.25, 0.3) is 11.1 Å². The van der Waals surface area contributed by atoms with Crippen LogP contribution in [0.4, 0.5) is 0 Å². The van der Waals surface area contributed by atoms with Gasteiger partial charge in [-0.15, -0.1) is 0 Å². The van der Waals surface area contributed by atoms with Crippen LogP contribution < -0.4 is 9.83 Å². The van der Waals surface area contributed by atoms with Gasteiger partial charge in [0.2, 0.25) is 0 Å². The van der Waals surface area contributed by atoms with Crippen molar-refractivity contribution in [3.05, 3.63) is 119 Å². The van der Waals surface area contributed by atoms with Gasteiger partial charge in [-0.05, 0) is 40.5 Å². The lowest BCUT2D eigenvalue weighted by molar-refractivity contribution is 0.392. The molecular weight excluding hydrogens is 439 g/mol. The minimum atomic E-state index is -4.01. The highest BCUT2D eigenvalue weighted by atomic mass is 31.2. The molecule has 0 amide bonds. The molecule has 1 unspecified atom stereocenters. The molecule has 4 aromatic rings. The summed E-state index contributed by atoms with van der Waals surface area (Å²) in [6.45, 7) is 8.64. The Kier molecular flexibility index (Phi) is 5.31. The second kappa shape index (κ2) is 7.98. The normalized spacial score (nSPS) is 17.4. The number of rotatable bonds is 4. The first-order chi connectivity index (χ1) is 16.1. The van der Waals surface area contributed by atoms with E-state index in [4.69, 9.17) is 4.52 Å². The zero-order chi connectivity index (χ0) is 24.1. The molecule has 0 radical (unpaired) electrons. The van der Waals surface area contributed by atoms with Gasteiger partial charge in [0.05, 0.1) is 5.30 Å². The fourth-order valence-corrected chi connectivity index (χ4v) is 6.14. The molecule has 0 bridgehead atoms. The van der Waals surface area contributed by atoms with Gasteiger partial charge in [-0.1, -0.05) is 107 Å². The van der Waals surface area contributed by atoms with Gasteiger partial charge in [0.1, 0.15) is 5.75 Å². The molecule has 0 saturated heterocycles. The van der Waals surface area contributed by atoms with Crippen molar-refractivity contribution in [3.8, 4) is 16.9 Å². The third kappa shape index (κ3) is 3.70. The van der Waals surface area contributed by atoms with Crippen molar-refractivity contribution in [3.63, 3.8) is 0 Å². The van der Waals surface area contributed by atoms with Crippen molar-refractivity contribution in [2.24, 2.45) is 0 Å². The molecule has 1 N–H and O–H groups in total. The van der Waals surface area contributed by atoms with Crippen LogP contribution in [0.5, 0.6) is 5.75 Å². The Morgan fingerprint density at radius 2 is 1.12 bits per heavy atom. The quantitative estimate of drug-likeness (QED) is 0.322. The van der Waals surface area contributed by atoms with Gasteiger partial charge in [-0.3, -0.25) is 0 Å². The molecular formula is C30H29O3P. The lowest BCUT2D eigenvalue weighted by atomic mass is 9.76. The highest BCUT2D eigenvalue weighted by Crippen LogP contribution is 2.53. The molecule has 34 heavy (non-hydrogen) atoms. The highest BCUT2D eigenvalue weighted by molar-refractivity contribution is 7.62. The summed E-state index contributed by atoms with van der Waals surface area (Å²) in [5.74, 6) is 0.445. The van der Waals surface area contributed by atoms with Crippen LogP contribution in [0, 0.1) is 0 Å². The van der Waals surface area contributed by atoms with E-state index in [1.54, 1.807) is 0 Å². The summed E-state index contributed by atoms with van der Waals surface area (Å²) in [7, 11) is -4.01. The maximum atomic E-state index is 13.3. The van der Waals surface area contributed by atoms with Crippen molar-refractivity contribution < 1.29 is 14.0 Å². The average Bonchev–Trinajstić information content (AvgIpc) is 2.84. The van der Waals surface area contributed by atoms with E-state index in [1.807, 2.05) is 60.7 Å². The van der Waals surface area contributed by atoms with E-state index in [1.165, 1.54) is 5.56 Å². The summed E-state index contributed by atoms with van der Waals surface area (Å²) in [5, 5.41) is 0.358. The van der Waals surface area contributed by atoms with Crippen LogP contribution in [-0.4, -0.2) is 4.89 Å². The SMILES string of the molecule is CC(C)(c1ccccc1)c1ccc2c(c1)-c1ccc(C(C)(C)c3ccccc3)cc1P(=O)(O)O2. The van der Waals surface area contributed by atoms with Crippen molar-refractivity contribution in [1.82, 2.24) is 0 Å². The fraction of sp³-hybridized carbons (Fsp3) is 0.200. The zero-order valence-corrected chi connectivity index (χ0v) is 20.8. The average molecular weight is 469 g/mol. The van der Waals surface area contributed by atoms with Crippen molar-refractivity contribution in [2.45, 2.75) is 38.5 Å². The molecule has 1 heterocycles. The summed E-state index contributed by atoms with van der Waals surface area (Å²) in [6.07, 6.45) is 0. The minimum absolute atomic E-state index is 0.230. The predicted molar refractivity (Wildman–Crippen MR) is 139 cm³/mol. The van der Waals surface area contributed by atoms with Crippen molar-refractivity contribution in [2.75, 3.05) is 0 Å². The predicted octanol–water partition coefficient (Wildman–Crippen LogP) is 7.21. The number of hydrogen-bond acceptors (Lipinski definition) is 2. The first kappa shape index (κ1) is 22.7. The second-order valence-electron chi connectivity index (χ2n) is 10.0. The number of benzene rings is 4. The molecule has 4 heteroatoms. The van der Waals surface area contributed by atoms with Crippen LogP contribution in [-0.2, 0) is 15.4 Å². The fourth-order valence-electron chi connectivity index (χ4n) is 4.82. The molecule has 0 aromatic heterocycles. The van der Waals surface area contributed by atoms with Crippen molar-refractivity contribution >= 4 is 12.9 Å². The van der Waals surface area contributed by atoms with Gasteiger partial charge < -0.3 is 9.42 Å². The summed E-state index contributed by atoms with van der Waals surface area (Å²) in [4.78, 5) is 10.9. The van der Waals surface area contributed by atoms with E-state index < -0.39 is 7.60 Å². The zero-order valence-electron chi connectivity index (χ0n) is 19.9. The molecule has 4 aromatic carbocycles. The third-order valence-electron chi connectivity index (χ3n) is 7.23. The largest absolute Gasteiger partial charge is 0.421 e. The molecule has 1 aliphatic rings. The van der Waals surface area contributed by atoms with E-state index in [0.29, 0.717) is 11.1 Å². The van der Waals surface area contributed by atoms with E-state index in [0.717, 1.165) is 27.8 Å². The lowest BCUT2D eigenvalue weighted by Crippen LogP contribution is -2.24. The summed E-state index contributed by atoms with van der Waals surface area (Å²) in [5.41, 5.74) is 5.49. The van der Waals surface area contributed by atoms with E-state index in [9.17, 15) is 9.46 Å². The van der Waals surface area contributed by atoms with Crippen LogP contribution in [0.1, 0.15) is 49.9 Å². The molecule has 5 rings (SSSR count). The topological polar surface area (TPSA) is 46.5 Å². The Bertz CT molecular complexity index is 1410. The van der Waals surface area contributed by atoms with Crippen LogP contribution in [0.3, 0.4) is 0 Å². The molecule has 0 spiro atoms. The lowest BCUT2D eigenvalue weighted by Gasteiger charge is -2.31. The van der Waals surface area contributed by atoms with E-state index in [-0.39, 0.29) is 10.8 Å². The monoisotopic (exact) mass is 468 g/mol.